The van der Waals surface area contributed by atoms with E-state index in [0.29, 0.717) is 11.2 Å². The van der Waals surface area contributed by atoms with E-state index >= 15 is 0 Å². The number of hydrogen-bond donors (Lipinski definition) is 2. The van der Waals surface area contributed by atoms with Crippen molar-refractivity contribution in [3.8, 4) is 0 Å². The summed E-state index contributed by atoms with van der Waals surface area (Å²) in [6.45, 7) is 5.77. The number of rotatable bonds is 4. The average molecular weight is 286 g/mol. The average Bonchev–Trinajstić information content (AvgIpc) is 2.72. The zero-order valence-corrected chi connectivity index (χ0v) is 13.0. The van der Waals surface area contributed by atoms with Crippen molar-refractivity contribution in [2.24, 2.45) is 5.41 Å². The van der Waals surface area contributed by atoms with Crippen LogP contribution in [0.15, 0.2) is 4.90 Å². The van der Waals surface area contributed by atoms with E-state index in [1.807, 2.05) is 6.26 Å². The standard InChI is InChI=1S/C12H22N4S2/c1-12(4-6-16(2)7-5-12)8-14-11-9(17-3)10(13)15-18-11/h14H,4-8H2,1-3H3,(H2,13,15). The maximum absolute atomic E-state index is 5.84. The van der Waals surface area contributed by atoms with E-state index in [4.69, 9.17) is 5.73 Å². The number of hydrogen-bond acceptors (Lipinski definition) is 6. The lowest BCUT2D eigenvalue weighted by atomic mass is 9.80. The van der Waals surface area contributed by atoms with Gasteiger partial charge in [0.05, 0.1) is 4.90 Å². The van der Waals surface area contributed by atoms with Gasteiger partial charge >= 0.3 is 0 Å². The number of piperidine rings is 1. The zero-order chi connectivity index (χ0) is 13.2. The van der Waals surface area contributed by atoms with Crippen LogP contribution in [0.25, 0.3) is 0 Å². The molecule has 1 fully saturated rings. The van der Waals surface area contributed by atoms with Crippen LogP contribution in [0.1, 0.15) is 19.8 Å². The Morgan fingerprint density at radius 1 is 1.50 bits per heavy atom. The molecule has 0 bridgehead atoms. The van der Waals surface area contributed by atoms with Gasteiger partial charge in [-0.25, -0.2) is 0 Å². The maximum Gasteiger partial charge on any atom is 0.153 e. The summed E-state index contributed by atoms with van der Waals surface area (Å²) in [6.07, 6.45) is 4.54. The summed E-state index contributed by atoms with van der Waals surface area (Å²) in [5, 5.41) is 4.67. The Hall–Kier alpha value is -0.460. The third-order valence-corrected chi connectivity index (χ3v) is 5.52. The van der Waals surface area contributed by atoms with Crippen LogP contribution in [0.2, 0.25) is 0 Å². The fourth-order valence-electron chi connectivity index (χ4n) is 2.23. The number of likely N-dealkylation sites (tertiary alicyclic amines) is 1. The summed E-state index contributed by atoms with van der Waals surface area (Å²) < 4.78 is 4.21. The third kappa shape index (κ3) is 3.10. The summed E-state index contributed by atoms with van der Waals surface area (Å²) in [7, 11) is 2.20. The second-order valence-electron chi connectivity index (χ2n) is 5.40. The topological polar surface area (TPSA) is 54.2 Å². The van der Waals surface area contributed by atoms with Gasteiger partial charge in [0, 0.05) is 6.54 Å². The van der Waals surface area contributed by atoms with Gasteiger partial charge in [-0.2, -0.15) is 4.37 Å². The molecule has 18 heavy (non-hydrogen) atoms. The van der Waals surface area contributed by atoms with Gasteiger partial charge in [-0.3, -0.25) is 0 Å². The van der Waals surface area contributed by atoms with Crippen molar-refractivity contribution in [3.63, 3.8) is 0 Å². The number of nitrogens with zero attached hydrogens (tertiary/aromatic N) is 2. The first-order chi connectivity index (χ1) is 8.54. The Kier molecular flexibility index (Phi) is 4.40. The lowest BCUT2D eigenvalue weighted by Crippen LogP contribution is -2.40. The lowest BCUT2D eigenvalue weighted by Gasteiger charge is -2.38. The Bertz CT molecular complexity index is 397. The van der Waals surface area contributed by atoms with Crippen LogP contribution in [-0.2, 0) is 0 Å². The van der Waals surface area contributed by atoms with Crippen LogP contribution in [0.5, 0.6) is 0 Å². The summed E-state index contributed by atoms with van der Waals surface area (Å²) in [5.74, 6) is 0.656. The molecule has 1 aliphatic rings. The van der Waals surface area contributed by atoms with Gasteiger partial charge < -0.3 is 16.0 Å². The van der Waals surface area contributed by atoms with Gasteiger partial charge in [0.1, 0.15) is 5.00 Å². The van der Waals surface area contributed by atoms with E-state index in [1.165, 1.54) is 37.5 Å². The molecular weight excluding hydrogens is 264 g/mol. The third-order valence-electron chi connectivity index (χ3n) is 3.75. The fraction of sp³-hybridized carbons (Fsp3) is 0.750. The van der Waals surface area contributed by atoms with Crippen molar-refractivity contribution >= 4 is 34.1 Å². The van der Waals surface area contributed by atoms with Gasteiger partial charge in [0.2, 0.25) is 0 Å². The number of nitrogen functional groups attached to an aromatic ring is 1. The van der Waals surface area contributed by atoms with E-state index in [-0.39, 0.29) is 0 Å². The molecule has 6 heteroatoms. The first kappa shape index (κ1) is 14.0. The first-order valence-corrected chi connectivity index (χ1v) is 8.25. The Morgan fingerprint density at radius 3 is 2.78 bits per heavy atom. The van der Waals surface area contributed by atoms with Crippen LogP contribution < -0.4 is 11.1 Å². The van der Waals surface area contributed by atoms with Crippen molar-refractivity contribution in [3.05, 3.63) is 0 Å². The minimum absolute atomic E-state index is 0.390. The molecule has 0 spiro atoms. The highest BCUT2D eigenvalue weighted by Crippen LogP contribution is 2.37. The summed E-state index contributed by atoms with van der Waals surface area (Å²) in [4.78, 5) is 3.50. The molecule has 0 amide bonds. The lowest BCUT2D eigenvalue weighted by molar-refractivity contribution is 0.150. The maximum atomic E-state index is 5.84. The van der Waals surface area contributed by atoms with Crippen LogP contribution in [0.4, 0.5) is 10.8 Å². The summed E-state index contributed by atoms with van der Waals surface area (Å²) >= 11 is 3.14. The van der Waals surface area contributed by atoms with E-state index < -0.39 is 0 Å². The Morgan fingerprint density at radius 2 is 2.17 bits per heavy atom. The molecule has 0 unspecified atom stereocenters. The number of nitrogens with one attached hydrogen (secondary N) is 1. The van der Waals surface area contributed by atoms with Crippen molar-refractivity contribution in [1.29, 1.82) is 0 Å². The minimum Gasteiger partial charge on any atom is -0.382 e. The predicted molar refractivity (Wildman–Crippen MR) is 81.6 cm³/mol. The SMILES string of the molecule is CSc1c(N)nsc1NCC1(C)CCN(C)CC1. The molecule has 0 atom stereocenters. The second-order valence-corrected chi connectivity index (χ2v) is 6.99. The first-order valence-electron chi connectivity index (χ1n) is 6.26. The van der Waals surface area contributed by atoms with Gasteiger partial charge in [-0.1, -0.05) is 6.92 Å². The van der Waals surface area contributed by atoms with Gasteiger partial charge in [0.15, 0.2) is 5.82 Å². The molecule has 1 aliphatic heterocycles. The van der Waals surface area contributed by atoms with E-state index in [2.05, 4.69) is 28.6 Å². The Balaban J connectivity index is 1.94. The molecule has 0 saturated carbocycles. The van der Waals surface area contributed by atoms with Gasteiger partial charge in [0.25, 0.3) is 0 Å². The molecule has 102 valence electrons. The second kappa shape index (κ2) is 5.67. The summed E-state index contributed by atoms with van der Waals surface area (Å²) in [6, 6.07) is 0. The monoisotopic (exact) mass is 286 g/mol. The number of anilines is 2. The van der Waals surface area contributed by atoms with Crippen LogP contribution in [0, 0.1) is 5.41 Å². The quantitative estimate of drug-likeness (QED) is 0.833. The molecule has 0 radical (unpaired) electrons. The van der Waals surface area contributed by atoms with E-state index in [0.717, 1.165) is 16.4 Å². The normalized spacial score (nSPS) is 19.9. The molecule has 1 saturated heterocycles. The van der Waals surface area contributed by atoms with Crippen molar-refractivity contribution < 1.29 is 0 Å². The van der Waals surface area contributed by atoms with E-state index in [1.54, 1.807) is 11.8 Å². The van der Waals surface area contributed by atoms with Crippen molar-refractivity contribution in [2.45, 2.75) is 24.7 Å². The number of aromatic nitrogens is 1. The number of thioether (sulfide) groups is 1. The highest BCUT2D eigenvalue weighted by molar-refractivity contribution is 7.99. The van der Waals surface area contributed by atoms with Gasteiger partial charge in [-0.05, 0) is 56.2 Å². The van der Waals surface area contributed by atoms with Crippen LogP contribution in [0.3, 0.4) is 0 Å². The smallest absolute Gasteiger partial charge is 0.153 e. The molecule has 0 aliphatic carbocycles. The minimum atomic E-state index is 0.390. The summed E-state index contributed by atoms with van der Waals surface area (Å²) in [5.41, 5.74) is 6.23. The Labute approximate surface area is 117 Å². The highest BCUT2D eigenvalue weighted by atomic mass is 32.2. The number of nitrogens with two attached hydrogens (primary N) is 1. The molecule has 2 rings (SSSR count). The molecule has 4 nitrogen and oxygen atoms in total. The van der Waals surface area contributed by atoms with Crippen molar-refractivity contribution in [1.82, 2.24) is 9.27 Å². The van der Waals surface area contributed by atoms with Crippen LogP contribution >= 0.6 is 23.3 Å². The predicted octanol–water partition coefficient (Wildman–Crippen LogP) is 2.59. The highest BCUT2D eigenvalue weighted by Gasteiger charge is 2.29. The molecule has 1 aromatic heterocycles. The molecule has 3 N–H and O–H groups in total. The molecular formula is C12H22N4S2. The molecule has 1 aromatic rings. The van der Waals surface area contributed by atoms with E-state index in [9.17, 15) is 0 Å². The largest absolute Gasteiger partial charge is 0.382 e. The zero-order valence-electron chi connectivity index (χ0n) is 11.3. The molecule has 2 heterocycles. The van der Waals surface area contributed by atoms with Gasteiger partial charge in [-0.15, -0.1) is 11.8 Å². The van der Waals surface area contributed by atoms with Crippen LogP contribution in [-0.4, -0.2) is 42.2 Å². The molecule has 0 aromatic carbocycles. The van der Waals surface area contributed by atoms with Crippen molar-refractivity contribution in [2.75, 3.05) is 44.0 Å². The fourth-order valence-corrected chi connectivity index (χ4v) is 3.77.